The summed E-state index contributed by atoms with van der Waals surface area (Å²) in [7, 11) is -1.33. The van der Waals surface area contributed by atoms with Gasteiger partial charge in [-0.25, -0.2) is 0 Å². The summed E-state index contributed by atoms with van der Waals surface area (Å²) in [4.78, 5) is 0. The van der Waals surface area contributed by atoms with Gasteiger partial charge in [-0.1, -0.05) is 71.1 Å². The molecule has 1 nitrogen and oxygen atoms in total. The van der Waals surface area contributed by atoms with E-state index < -0.39 is 27.5 Å². The Morgan fingerprint density at radius 2 is 1.54 bits per heavy atom. The molecule has 0 aliphatic carbocycles. The van der Waals surface area contributed by atoms with E-state index in [0.29, 0.717) is 17.9 Å². The third-order valence-electron chi connectivity index (χ3n) is 4.65. The Hall–Kier alpha value is 0.290. The molecular weight excluding hydrogens is 353 g/mol. The highest BCUT2D eigenvalue weighted by Crippen LogP contribution is 2.41. The predicted octanol–water partition coefficient (Wildman–Crippen LogP) is 6.69. The van der Waals surface area contributed by atoms with Crippen molar-refractivity contribution in [1.82, 2.24) is 0 Å². The summed E-state index contributed by atoms with van der Waals surface area (Å²) in [6.45, 7) is 2.20. The predicted molar refractivity (Wildman–Crippen MR) is 99.9 cm³/mol. The van der Waals surface area contributed by atoms with Crippen molar-refractivity contribution in [2.75, 3.05) is 11.5 Å². The number of halogens is 3. The molecule has 144 valence electrons. The molecule has 0 aromatic carbocycles. The maximum atomic E-state index is 13.3. The Kier molecular flexibility index (Phi) is 11.7. The van der Waals surface area contributed by atoms with Crippen LogP contribution in [0.5, 0.6) is 0 Å². The average molecular weight is 387 g/mol. The molecule has 0 radical (unpaired) electrons. The molecule has 6 heteroatoms. The van der Waals surface area contributed by atoms with Crippen LogP contribution in [0.25, 0.3) is 0 Å². The van der Waals surface area contributed by atoms with E-state index in [1.54, 1.807) is 0 Å². The van der Waals surface area contributed by atoms with Gasteiger partial charge < -0.3 is 0 Å². The van der Waals surface area contributed by atoms with Gasteiger partial charge in [-0.05, 0) is 18.6 Å². The van der Waals surface area contributed by atoms with E-state index >= 15 is 0 Å². The topological polar surface area (TPSA) is 17.1 Å². The number of alkyl halides is 3. The summed E-state index contributed by atoms with van der Waals surface area (Å²) in [6, 6.07) is 0. The van der Waals surface area contributed by atoms with Crippen LogP contribution in [0.2, 0.25) is 0 Å². The Balaban J connectivity index is 2.18. The van der Waals surface area contributed by atoms with Gasteiger partial charge in [0, 0.05) is 16.6 Å². The Morgan fingerprint density at radius 3 is 2.04 bits per heavy atom. The largest absolute Gasteiger partial charge is 0.393 e. The minimum absolute atomic E-state index is 0.142. The minimum Gasteiger partial charge on any atom is -0.258 e. The first-order chi connectivity index (χ1) is 11.5. The molecule has 1 aliphatic rings. The van der Waals surface area contributed by atoms with Crippen LogP contribution in [-0.4, -0.2) is 26.5 Å². The van der Waals surface area contributed by atoms with E-state index in [4.69, 9.17) is 0 Å². The molecule has 1 fully saturated rings. The van der Waals surface area contributed by atoms with Gasteiger partial charge in [-0.2, -0.15) is 13.2 Å². The van der Waals surface area contributed by atoms with Crippen LogP contribution < -0.4 is 0 Å². The molecule has 1 aliphatic heterocycles. The summed E-state index contributed by atoms with van der Waals surface area (Å²) in [5.41, 5.74) is 0. The molecule has 0 saturated carbocycles. The first-order valence-corrected chi connectivity index (χ1v) is 12.0. The zero-order chi connectivity index (χ0) is 17.8. The number of hydrogen-bond acceptors (Lipinski definition) is 2. The molecule has 1 saturated heterocycles. The summed E-state index contributed by atoms with van der Waals surface area (Å²) < 4.78 is 51.1. The van der Waals surface area contributed by atoms with Crippen LogP contribution in [0.1, 0.15) is 84.0 Å². The second kappa shape index (κ2) is 12.6. The van der Waals surface area contributed by atoms with E-state index in [0.717, 1.165) is 25.7 Å². The molecule has 0 spiro atoms. The lowest BCUT2D eigenvalue weighted by atomic mass is 10.0. The molecule has 0 amide bonds. The van der Waals surface area contributed by atoms with Crippen molar-refractivity contribution >= 4 is 22.6 Å². The zero-order valence-electron chi connectivity index (χ0n) is 14.9. The van der Waals surface area contributed by atoms with Crippen LogP contribution in [0, 0.1) is 5.92 Å². The van der Waals surface area contributed by atoms with Crippen molar-refractivity contribution in [3.63, 3.8) is 0 Å². The first kappa shape index (κ1) is 22.3. The van der Waals surface area contributed by atoms with Crippen LogP contribution in [-0.2, 0) is 10.8 Å². The fourth-order valence-corrected chi connectivity index (χ4v) is 6.95. The van der Waals surface area contributed by atoms with Gasteiger partial charge in [-0.15, -0.1) is 11.8 Å². The monoisotopic (exact) mass is 386 g/mol. The second-order valence-electron chi connectivity index (χ2n) is 6.80. The second-order valence-corrected chi connectivity index (χ2v) is 10.0. The van der Waals surface area contributed by atoms with Crippen molar-refractivity contribution in [2.24, 2.45) is 5.92 Å². The normalized spacial score (nSPS) is 23.3. The van der Waals surface area contributed by atoms with Gasteiger partial charge in [0.2, 0.25) is 0 Å². The average Bonchev–Trinajstić information content (AvgIpc) is 2.53. The molecule has 1 unspecified atom stereocenters. The van der Waals surface area contributed by atoms with E-state index in [-0.39, 0.29) is 6.42 Å². The van der Waals surface area contributed by atoms with Crippen molar-refractivity contribution in [3.8, 4) is 0 Å². The van der Waals surface area contributed by atoms with Gasteiger partial charge >= 0.3 is 6.18 Å². The third-order valence-corrected chi connectivity index (χ3v) is 8.42. The maximum Gasteiger partial charge on any atom is 0.393 e. The van der Waals surface area contributed by atoms with E-state index in [1.165, 1.54) is 50.3 Å². The fraction of sp³-hybridized carbons (Fsp3) is 1.00. The number of thioether (sulfide) groups is 1. The molecule has 0 aromatic rings. The van der Waals surface area contributed by atoms with E-state index in [9.17, 15) is 17.4 Å². The molecule has 24 heavy (non-hydrogen) atoms. The van der Waals surface area contributed by atoms with Crippen LogP contribution in [0.3, 0.4) is 0 Å². The van der Waals surface area contributed by atoms with Gasteiger partial charge in [0.25, 0.3) is 0 Å². The number of hydrogen-bond donors (Lipinski definition) is 0. The summed E-state index contributed by atoms with van der Waals surface area (Å²) in [6.07, 6.45) is 7.94. The number of unbranched alkanes of at least 4 members (excludes halogenated alkanes) is 9. The lowest BCUT2D eigenvalue weighted by Crippen LogP contribution is -2.37. The van der Waals surface area contributed by atoms with Crippen LogP contribution in [0.4, 0.5) is 13.2 Å². The lowest BCUT2D eigenvalue weighted by Gasteiger charge is -2.30. The van der Waals surface area contributed by atoms with Gasteiger partial charge in [-0.3, -0.25) is 4.21 Å². The summed E-state index contributed by atoms with van der Waals surface area (Å²) in [5.74, 6) is -0.249. The van der Waals surface area contributed by atoms with Gasteiger partial charge in [0.05, 0.1) is 10.5 Å². The lowest BCUT2D eigenvalue weighted by molar-refractivity contribution is -0.172. The molecule has 1 rings (SSSR count). The van der Waals surface area contributed by atoms with Crippen LogP contribution in [0.15, 0.2) is 0 Å². The molecule has 0 aromatic heterocycles. The minimum atomic E-state index is -4.22. The van der Waals surface area contributed by atoms with Gasteiger partial charge in [0.15, 0.2) is 0 Å². The summed E-state index contributed by atoms with van der Waals surface area (Å²) >= 11 is 1.27. The Morgan fingerprint density at radius 1 is 1.00 bits per heavy atom. The molecule has 1 heterocycles. The van der Waals surface area contributed by atoms with Crippen LogP contribution >= 0.6 is 11.8 Å². The molecular formula is C18H33F3OS2. The highest BCUT2D eigenvalue weighted by atomic mass is 32.2. The van der Waals surface area contributed by atoms with Crippen molar-refractivity contribution < 1.29 is 17.4 Å². The Labute approximate surface area is 152 Å². The SMILES string of the molecule is CCCCCCCCCCCC[C@H]([C@H]1SCCCS1=O)C(F)(F)F. The summed E-state index contributed by atoms with van der Waals surface area (Å²) in [5, 5.41) is 0. The van der Waals surface area contributed by atoms with Crippen molar-refractivity contribution in [1.29, 1.82) is 0 Å². The fourth-order valence-electron chi connectivity index (χ4n) is 3.20. The van der Waals surface area contributed by atoms with E-state index in [1.807, 2.05) is 0 Å². The zero-order valence-corrected chi connectivity index (χ0v) is 16.5. The third kappa shape index (κ3) is 9.12. The van der Waals surface area contributed by atoms with Crippen molar-refractivity contribution in [3.05, 3.63) is 0 Å². The smallest absolute Gasteiger partial charge is 0.258 e. The number of rotatable bonds is 12. The van der Waals surface area contributed by atoms with Crippen molar-refractivity contribution in [2.45, 2.75) is 94.7 Å². The quantitative estimate of drug-likeness (QED) is 0.348. The maximum absolute atomic E-state index is 13.3. The standard InChI is InChI=1S/C18H33F3OS2/c1-2-3-4-5-6-7-8-9-10-11-13-16(18(19,20)21)17-23-14-12-15-24(17)22/h16-17H,2-15H2,1H3/t16-,17+,24?/m1/s1. The molecule has 3 atom stereocenters. The molecule has 0 N–H and O–H groups in total. The van der Waals surface area contributed by atoms with E-state index in [2.05, 4.69) is 6.92 Å². The molecule has 0 bridgehead atoms. The first-order valence-electron chi connectivity index (χ1n) is 9.52. The highest BCUT2D eigenvalue weighted by Gasteiger charge is 2.47. The van der Waals surface area contributed by atoms with Gasteiger partial charge in [0.1, 0.15) is 0 Å². The Bertz CT molecular complexity index is 348. The highest BCUT2D eigenvalue weighted by molar-refractivity contribution is 8.11.